The number of benzene rings is 1. The molecule has 0 saturated heterocycles. The number of carboxylic acid groups (broad SMARTS) is 1. The molecule has 0 saturated carbocycles. The minimum Gasteiger partial charge on any atom is -0.504 e. The van der Waals surface area contributed by atoms with E-state index >= 15 is 0 Å². The molecule has 0 heterocycles. The number of ether oxygens (including phenoxy) is 2. The zero-order valence-electron chi connectivity index (χ0n) is 11.0. The largest absolute Gasteiger partial charge is 0.504 e. The summed E-state index contributed by atoms with van der Waals surface area (Å²) in [4.78, 5) is 21.5. The Morgan fingerprint density at radius 2 is 1.85 bits per heavy atom. The molecule has 0 fully saturated rings. The molecule has 0 aliphatic heterocycles. The third kappa shape index (κ3) is 4.16. The molecule has 0 unspecified atom stereocenters. The third-order valence-corrected chi connectivity index (χ3v) is 2.37. The highest BCUT2D eigenvalue weighted by atomic mass is 16.5. The number of esters is 1. The zero-order valence-corrected chi connectivity index (χ0v) is 11.0. The Bertz CT molecular complexity index is 571. The van der Waals surface area contributed by atoms with Crippen LogP contribution in [0.5, 0.6) is 11.5 Å². The summed E-state index contributed by atoms with van der Waals surface area (Å²) in [5.41, 5.74) is 0.811. The second-order valence-corrected chi connectivity index (χ2v) is 3.69. The molecular formula is C14H14O6. The van der Waals surface area contributed by atoms with E-state index in [0.29, 0.717) is 11.1 Å². The summed E-state index contributed by atoms with van der Waals surface area (Å²) in [5.74, 6) is -1.65. The molecule has 0 aliphatic carbocycles. The first-order valence-corrected chi connectivity index (χ1v) is 5.56. The highest BCUT2D eigenvalue weighted by Crippen LogP contribution is 2.32. The molecular weight excluding hydrogens is 264 g/mol. The lowest BCUT2D eigenvalue weighted by molar-refractivity contribution is -0.135. The summed E-state index contributed by atoms with van der Waals surface area (Å²) < 4.78 is 9.43. The van der Waals surface area contributed by atoms with Crippen molar-refractivity contribution in [1.29, 1.82) is 0 Å². The molecule has 0 aliphatic rings. The molecule has 0 radical (unpaired) electrons. The van der Waals surface area contributed by atoms with Crippen molar-refractivity contribution < 1.29 is 29.3 Å². The summed E-state index contributed by atoms with van der Waals surface area (Å²) in [5, 5.41) is 18.5. The molecule has 2 N–H and O–H groups in total. The molecule has 0 bridgehead atoms. The third-order valence-electron chi connectivity index (χ3n) is 2.37. The van der Waals surface area contributed by atoms with Crippen LogP contribution in [0.15, 0.2) is 24.3 Å². The first kappa shape index (κ1) is 15.3. The van der Waals surface area contributed by atoms with Gasteiger partial charge in [-0.25, -0.2) is 9.59 Å². The molecule has 0 atom stereocenters. The van der Waals surface area contributed by atoms with Gasteiger partial charge in [0.15, 0.2) is 11.5 Å². The van der Waals surface area contributed by atoms with Crippen molar-refractivity contribution in [3.05, 3.63) is 35.4 Å². The van der Waals surface area contributed by atoms with Crippen molar-refractivity contribution in [3.8, 4) is 11.5 Å². The summed E-state index contributed by atoms with van der Waals surface area (Å²) in [6.45, 7) is 0. The second kappa shape index (κ2) is 6.98. The van der Waals surface area contributed by atoms with Gasteiger partial charge in [-0.05, 0) is 29.8 Å². The van der Waals surface area contributed by atoms with E-state index in [0.717, 1.165) is 12.2 Å². The van der Waals surface area contributed by atoms with Crippen LogP contribution in [0.25, 0.3) is 12.2 Å². The summed E-state index contributed by atoms with van der Waals surface area (Å²) in [6.07, 6.45) is 4.79. The number of carboxylic acids is 1. The van der Waals surface area contributed by atoms with Gasteiger partial charge in [0.25, 0.3) is 0 Å². The Kier molecular flexibility index (Phi) is 5.34. The molecule has 6 nitrogen and oxygen atoms in total. The maximum Gasteiger partial charge on any atom is 0.330 e. The number of rotatable bonds is 5. The molecule has 106 valence electrons. The first-order chi connectivity index (χ1) is 9.47. The minimum atomic E-state index is -1.09. The topological polar surface area (TPSA) is 93.1 Å². The molecule has 20 heavy (non-hydrogen) atoms. The van der Waals surface area contributed by atoms with Crippen molar-refractivity contribution in [3.63, 3.8) is 0 Å². The van der Waals surface area contributed by atoms with Gasteiger partial charge in [0.1, 0.15) is 0 Å². The number of carbonyl (C=O) groups excluding carboxylic acids is 1. The lowest BCUT2D eigenvalue weighted by Gasteiger charge is -2.08. The monoisotopic (exact) mass is 278 g/mol. The molecule has 0 aromatic heterocycles. The van der Waals surface area contributed by atoms with Crippen LogP contribution < -0.4 is 4.74 Å². The number of hydrogen-bond donors (Lipinski definition) is 2. The fourth-order valence-electron chi connectivity index (χ4n) is 1.42. The Hall–Kier alpha value is -2.76. The number of aliphatic carboxylic acids is 1. The molecule has 0 amide bonds. The summed E-state index contributed by atoms with van der Waals surface area (Å²) in [6, 6.07) is 2.99. The molecule has 1 aromatic rings. The van der Waals surface area contributed by atoms with E-state index in [1.165, 1.54) is 38.5 Å². The average molecular weight is 278 g/mol. The maximum atomic E-state index is 11.0. The average Bonchev–Trinajstić information content (AvgIpc) is 2.44. The van der Waals surface area contributed by atoms with E-state index in [4.69, 9.17) is 9.84 Å². The van der Waals surface area contributed by atoms with Crippen molar-refractivity contribution in [1.82, 2.24) is 0 Å². The molecule has 1 rings (SSSR count). The molecule has 1 aromatic carbocycles. The van der Waals surface area contributed by atoms with Gasteiger partial charge in [0.2, 0.25) is 0 Å². The van der Waals surface area contributed by atoms with Gasteiger partial charge in [-0.15, -0.1) is 0 Å². The first-order valence-electron chi connectivity index (χ1n) is 5.56. The lowest BCUT2D eigenvalue weighted by Crippen LogP contribution is -1.94. The van der Waals surface area contributed by atoms with Gasteiger partial charge in [0, 0.05) is 17.7 Å². The maximum absolute atomic E-state index is 11.0. The van der Waals surface area contributed by atoms with Crippen LogP contribution in [0.2, 0.25) is 0 Å². The predicted octanol–water partition coefficient (Wildman–Crippen LogP) is 1.68. The number of aromatic hydroxyl groups is 1. The van der Waals surface area contributed by atoms with Crippen molar-refractivity contribution in [2.45, 2.75) is 0 Å². The van der Waals surface area contributed by atoms with Gasteiger partial charge < -0.3 is 19.7 Å². The predicted molar refractivity (Wildman–Crippen MR) is 72.4 cm³/mol. The normalized spacial score (nSPS) is 10.9. The van der Waals surface area contributed by atoms with Crippen LogP contribution >= 0.6 is 0 Å². The number of carbonyl (C=O) groups is 2. The minimum absolute atomic E-state index is 0.153. The fraction of sp³-hybridized carbons (Fsp3) is 0.143. The lowest BCUT2D eigenvalue weighted by atomic mass is 10.1. The number of phenols is 1. The van der Waals surface area contributed by atoms with E-state index in [2.05, 4.69) is 4.74 Å². The van der Waals surface area contributed by atoms with E-state index in [9.17, 15) is 14.7 Å². The molecule has 0 spiro atoms. The highest BCUT2D eigenvalue weighted by molar-refractivity contribution is 5.88. The van der Waals surface area contributed by atoms with Gasteiger partial charge >= 0.3 is 11.9 Å². The van der Waals surface area contributed by atoms with Crippen LogP contribution in [-0.2, 0) is 14.3 Å². The van der Waals surface area contributed by atoms with E-state index in [1.807, 2.05) is 0 Å². The zero-order chi connectivity index (χ0) is 15.1. The van der Waals surface area contributed by atoms with Crippen molar-refractivity contribution in [2.75, 3.05) is 14.2 Å². The van der Waals surface area contributed by atoms with E-state index in [-0.39, 0.29) is 11.5 Å². The van der Waals surface area contributed by atoms with Crippen LogP contribution in [0.3, 0.4) is 0 Å². The number of hydrogen-bond acceptors (Lipinski definition) is 5. The fourth-order valence-corrected chi connectivity index (χ4v) is 1.42. The van der Waals surface area contributed by atoms with E-state index in [1.54, 1.807) is 0 Å². The molecule has 6 heteroatoms. The van der Waals surface area contributed by atoms with Crippen LogP contribution in [0.1, 0.15) is 11.1 Å². The van der Waals surface area contributed by atoms with Crippen LogP contribution in [0, 0.1) is 0 Å². The van der Waals surface area contributed by atoms with Crippen molar-refractivity contribution >= 4 is 24.1 Å². The Labute approximate surface area is 115 Å². The Morgan fingerprint density at radius 1 is 1.15 bits per heavy atom. The smallest absolute Gasteiger partial charge is 0.330 e. The number of methoxy groups -OCH3 is 2. The van der Waals surface area contributed by atoms with Crippen molar-refractivity contribution in [2.24, 2.45) is 0 Å². The second-order valence-electron chi connectivity index (χ2n) is 3.69. The van der Waals surface area contributed by atoms with Gasteiger partial charge in [-0.1, -0.05) is 0 Å². The Balaban J connectivity index is 3.21. The SMILES string of the molecule is COC(=O)C=Cc1cc(C=CC(=O)O)cc(OC)c1O. The van der Waals surface area contributed by atoms with Crippen LogP contribution in [-0.4, -0.2) is 36.4 Å². The van der Waals surface area contributed by atoms with Gasteiger partial charge in [0.05, 0.1) is 14.2 Å². The summed E-state index contributed by atoms with van der Waals surface area (Å²) >= 11 is 0. The standard InChI is InChI=1S/C14H14O6/c1-19-11-8-9(3-5-12(15)16)7-10(14(11)18)4-6-13(17)20-2/h3-8,18H,1-2H3,(H,15,16). The van der Waals surface area contributed by atoms with E-state index < -0.39 is 11.9 Å². The summed E-state index contributed by atoms with van der Waals surface area (Å²) in [7, 11) is 2.60. The van der Waals surface area contributed by atoms with Gasteiger partial charge in [-0.2, -0.15) is 0 Å². The van der Waals surface area contributed by atoms with Gasteiger partial charge in [-0.3, -0.25) is 0 Å². The Morgan fingerprint density at radius 3 is 2.40 bits per heavy atom. The highest BCUT2D eigenvalue weighted by Gasteiger charge is 2.08. The number of phenolic OH excluding ortho intramolecular Hbond substituents is 1. The quantitative estimate of drug-likeness (QED) is 0.629. The van der Waals surface area contributed by atoms with Crippen LogP contribution in [0.4, 0.5) is 0 Å².